The number of carbonyl (C=O) groups excluding carboxylic acids is 2. The Kier molecular flexibility index (Phi) is 5.93. The molecule has 1 spiro atoms. The molecule has 2 aliphatic heterocycles. The summed E-state index contributed by atoms with van der Waals surface area (Å²) in [4.78, 5) is 25.3. The highest BCUT2D eigenvalue weighted by atomic mass is 28.4. The van der Waals surface area contributed by atoms with Gasteiger partial charge in [-0.1, -0.05) is 27.7 Å². The van der Waals surface area contributed by atoms with Gasteiger partial charge in [0, 0.05) is 0 Å². The molecule has 0 aromatic carbocycles. The molecule has 4 atom stereocenters. The van der Waals surface area contributed by atoms with E-state index in [1.165, 1.54) is 13.2 Å². The van der Waals surface area contributed by atoms with Gasteiger partial charge < -0.3 is 23.4 Å². The van der Waals surface area contributed by atoms with Gasteiger partial charge in [-0.3, -0.25) is 4.79 Å². The fraction of sp³-hybridized carbons (Fsp3) is 0.810. The zero-order chi connectivity index (χ0) is 21.6. The molecule has 3 rings (SSSR count). The van der Waals surface area contributed by atoms with Crippen LogP contribution in [0.1, 0.15) is 40.5 Å². The second-order valence-corrected chi connectivity index (χ2v) is 14.7. The molecule has 0 unspecified atom stereocenters. The first kappa shape index (κ1) is 22.3. The Hall–Kier alpha value is -1.38. The van der Waals surface area contributed by atoms with Gasteiger partial charge in [-0.05, 0) is 36.9 Å². The summed E-state index contributed by atoms with van der Waals surface area (Å²) in [5, 5.41) is -0.0637. The summed E-state index contributed by atoms with van der Waals surface area (Å²) < 4.78 is 29.0. The van der Waals surface area contributed by atoms with Crippen LogP contribution in [0.25, 0.3) is 0 Å². The van der Waals surface area contributed by atoms with Crippen LogP contribution in [0.5, 0.6) is 0 Å². The van der Waals surface area contributed by atoms with Crippen molar-refractivity contribution >= 4 is 20.3 Å². The van der Waals surface area contributed by atoms with E-state index < -0.39 is 26.2 Å². The Bertz CT molecular complexity index is 690. The molecule has 0 bridgehead atoms. The zero-order valence-electron chi connectivity index (χ0n) is 18.6. The summed E-state index contributed by atoms with van der Waals surface area (Å²) in [6, 6.07) is 0. The van der Waals surface area contributed by atoms with Crippen LogP contribution in [0.15, 0.2) is 11.8 Å². The van der Waals surface area contributed by atoms with Crippen LogP contribution < -0.4 is 0 Å². The van der Waals surface area contributed by atoms with Crippen molar-refractivity contribution in [3.8, 4) is 0 Å². The topological polar surface area (TPSA) is 80.3 Å². The SMILES string of the molecule is COC1=CC(=O)O[C@]12C[C@@H](C)[C@H](C(=O)O[Si](C)(C)C(C)(C)C)C[C@H]2C1OCCO1. The monoisotopic (exact) mass is 426 g/mol. The summed E-state index contributed by atoms with van der Waals surface area (Å²) in [7, 11) is -0.707. The molecular formula is C21H34O7Si. The first-order chi connectivity index (χ1) is 13.4. The predicted octanol–water partition coefficient (Wildman–Crippen LogP) is 3.40. The third-order valence-electron chi connectivity index (χ3n) is 7.03. The van der Waals surface area contributed by atoms with E-state index in [2.05, 4.69) is 33.9 Å². The second kappa shape index (κ2) is 7.70. The Morgan fingerprint density at radius 1 is 1.24 bits per heavy atom. The van der Waals surface area contributed by atoms with Crippen molar-refractivity contribution in [2.45, 2.75) is 70.6 Å². The molecule has 29 heavy (non-hydrogen) atoms. The standard InChI is InChI=1S/C21H34O7Si/c1-13-12-21(16(24-5)11-17(22)27-21)15(19-25-8-9-26-19)10-14(13)18(23)28-29(6,7)20(2,3)4/h11,13-15,19H,8-10,12H2,1-7H3/t13-,14-,15+,21+/m1/s1. The molecular weight excluding hydrogens is 392 g/mol. The third kappa shape index (κ3) is 3.99. The molecule has 164 valence electrons. The van der Waals surface area contributed by atoms with Crippen LogP contribution in [0, 0.1) is 17.8 Å². The van der Waals surface area contributed by atoms with Gasteiger partial charge in [0.15, 0.2) is 11.9 Å². The van der Waals surface area contributed by atoms with Gasteiger partial charge in [0.2, 0.25) is 0 Å². The van der Waals surface area contributed by atoms with Crippen LogP contribution in [0.4, 0.5) is 0 Å². The molecule has 8 heteroatoms. The Morgan fingerprint density at radius 2 is 1.86 bits per heavy atom. The highest BCUT2D eigenvalue weighted by molar-refractivity contribution is 6.75. The number of ether oxygens (including phenoxy) is 4. The fourth-order valence-electron chi connectivity index (χ4n) is 4.34. The van der Waals surface area contributed by atoms with E-state index in [4.69, 9.17) is 23.4 Å². The highest BCUT2D eigenvalue weighted by Crippen LogP contribution is 2.52. The van der Waals surface area contributed by atoms with Gasteiger partial charge >= 0.3 is 5.97 Å². The van der Waals surface area contributed by atoms with E-state index in [-0.39, 0.29) is 28.8 Å². The largest absolute Gasteiger partial charge is 0.519 e. The summed E-state index contributed by atoms with van der Waals surface area (Å²) >= 11 is 0. The minimum atomic E-state index is -2.24. The van der Waals surface area contributed by atoms with Gasteiger partial charge in [0.25, 0.3) is 14.3 Å². The van der Waals surface area contributed by atoms with Gasteiger partial charge in [-0.25, -0.2) is 4.79 Å². The molecule has 0 amide bonds. The van der Waals surface area contributed by atoms with E-state index >= 15 is 0 Å². The van der Waals surface area contributed by atoms with Crippen molar-refractivity contribution in [3.63, 3.8) is 0 Å². The van der Waals surface area contributed by atoms with E-state index in [0.717, 1.165) is 0 Å². The molecule has 0 aromatic rings. The molecule has 0 N–H and O–H groups in total. The lowest BCUT2D eigenvalue weighted by Gasteiger charge is -2.47. The summed E-state index contributed by atoms with van der Waals surface area (Å²) in [5.74, 6) is -0.821. The predicted molar refractivity (Wildman–Crippen MR) is 108 cm³/mol. The normalized spacial score (nSPS) is 33.6. The molecule has 2 fully saturated rings. The lowest BCUT2D eigenvalue weighted by molar-refractivity contribution is -0.199. The minimum absolute atomic E-state index is 0.0469. The Morgan fingerprint density at radius 3 is 2.41 bits per heavy atom. The second-order valence-electron chi connectivity index (χ2n) is 9.94. The maximum absolute atomic E-state index is 13.2. The van der Waals surface area contributed by atoms with Crippen LogP contribution in [-0.4, -0.2) is 52.5 Å². The van der Waals surface area contributed by atoms with E-state index in [1.54, 1.807) is 0 Å². The summed E-state index contributed by atoms with van der Waals surface area (Å²) in [5.41, 5.74) is -0.964. The molecule has 0 aromatic heterocycles. The first-order valence-electron chi connectivity index (χ1n) is 10.4. The van der Waals surface area contributed by atoms with Crippen molar-refractivity contribution < 1.29 is 33.0 Å². The van der Waals surface area contributed by atoms with E-state index in [9.17, 15) is 9.59 Å². The molecule has 1 saturated heterocycles. The van der Waals surface area contributed by atoms with Crippen molar-refractivity contribution in [2.24, 2.45) is 17.8 Å². The number of esters is 1. The highest BCUT2D eigenvalue weighted by Gasteiger charge is 2.60. The maximum Gasteiger partial charge on any atom is 0.335 e. The van der Waals surface area contributed by atoms with Crippen LogP contribution >= 0.6 is 0 Å². The zero-order valence-corrected chi connectivity index (χ0v) is 19.6. The number of hydrogen-bond donors (Lipinski definition) is 0. The average molecular weight is 427 g/mol. The average Bonchev–Trinajstić information content (AvgIpc) is 3.21. The van der Waals surface area contributed by atoms with E-state index in [0.29, 0.717) is 31.8 Å². The smallest absolute Gasteiger partial charge is 0.335 e. The summed E-state index contributed by atoms with van der Waals surface area (Å²) in [6.07, 6.45) is 1.76. The fourth-order valence-corrected chi connectivity index (χ4v) is 5.30. The first-order valence-corrected chi connectivity index (χ1v) is 13.3. The lowest BCUT2D eigenvalue weighted by Crippen LogP contribution is -2.55. The van der Waals surface area contributed by atoms with Crippen molar-refractivity contribution in [3.05, 3.63) is 11.8 Å². The maximum atomic E-state index is 13.2. The Labute approximate surface area is 174 Å². The molecule has 1 aliphatic carbocycles. The van der Waals surface area contributed by atoms with Gasteiger partial charge in [0.1, 0.15) is 5.76 Å². The van der Waals surface area contributed by atoms with E-state index in [1.807, 2.05) is 6.92 Å². The number of hydrogen-bond acceptors (Lipinski definition) is 7. The quantitative estimate of drug-likeness (QED) is 0.503. The van der Waals surface area contributed by atoms with Gasteiger partial charge in [-0.15, -0.1) is 0 Å². The van der Waals surface area contributed by atoms with Gasteiger partial charge in [-0.2, -0.15) is 0 Å². The molecule has 0 radical (unpaired) electrons. The molecule has 1 saturated carbocycles. The lowest BCUT2D eigenvalue weighted by atomic mass is 9.65. The van der Waals surface area contributed by atoms with Crippen molar-refractivity contribution in [1.82, 2.24) is 0 Å². The number of carbonyl (C=O) groups is 2. The van der Waals surface area contributed by atoms with Crippen LogP contribution in [0.2, 0.25) is 18.1 Å². The molecule has 3 aliphatic rings. The Balaban J connectivity index is 1.88. The van der Waals surface area contributed by atoms with Crippen LogP contribution in [0.3, 0.4) is 0 Å². The molecule has 7 nitrogen and oxygen atoms in total. The number of rotatable bonds is 4. The third-order valence-corrected chi connectivity index (χ3v) is 11.4. The minimum Gasteiger partial charge on any atom is -0.519 e. The number of methoxy groups -OCH3 is 1. The molecule has 2 heterocycles. The van der Waals surface area contributed by atoms with Crippen molar-refractivity contribution in [1.29, 1.82) is 0 Å². The summed E-state index contributed by atoms with van der Waals surface area (Å²) in [6.45, 7) is 13.5. The van der Waals surface area contributed by atoms with Gasteiger partial charge in [0.05, 0.1) is 38.2 Å². The van der Waals surface area contributed by atoms with Crippen LogP contribution in [-0.2, 0) is 33.0 Å². The van der Waals surface area contributed by atoms with Crippen molar-refractivity contribution in [2.75, 3.05) is 20.3 Å².